The molecule has 1 N–H and O–H groups in total. The molecular formula is C16H20N2O2. The van der Waals surface area contributed by atoms with Crippen molar-refractivity contribution in [2.75, 3.05) is 19.4 Å². The normalized spacial score (nSPS) is 21.3. The molecule has 4 heteroatoms. The number of para-hydroxylation sites is 1. The predicted molar refractivity (Wildman–Crippen MR) is 79.1 cm³/mol. The summed E-state index contributed by atoms with van der Waals surface area (Å²) < 4.78 is 0. The van der Waals surface area contributed by atoms with Gasteiger partial charge in [0.2, 0.25) is 11.8 Å². The van der Waals surface area contributed by atoms with Gasteiger partial charge in [-0.05, 0) is 25.0 Å². The molecular weight excluding hydrogens is 252 g/mol. The highest BCUT2D eigenvalue weighted by molar-refractivity contribution is 5.96. The number of amides is 2. The highest BCUT2D eigenvalue weighted by atomic mass is 16.2. The minimum atomic E-state index is -0.296. The van der Waals surface area contributed by atoms with Gasteiger partial charge in [0.25, 0.3) is 0 Å². The lowest BCUT2D eigenvalue weighted by Crippen LogP contribution is -2.40. The van der Waals surface area contributed by atoms with Crippen LogP contribution in [0.4, 0.5) is 5.69 Å². The highest BCUT2D eigenvalue weighted by Gasteiger charge is 2.34. The quantitative estimate of drug-likeness (QED) is 0.858. The van der Waals surface area contributed by atoms with Crippen LogP contribution in [0.15, 0.2) is 42.5 Å². The number of carbonyl (C=O) groups is 2. The summed E-state index contributed by atoms with van der Waals surface area (Å²) in [6.45, 7) is 0. The van der Waals surface area contributed by atoms with E-state index in [1.165, 1.54) is 0 Å². The molecule has 2 amide bonds. The zero-order valence-corrected chi connectivity index (χ0v) is 11.9. The van der Waals surface area contributed by atoms with Gasteiger partial charge in [0, 0.05) is 19.8 Å². The fourth-order valence-corrected chi connectivity index (χ4v) is 2.46. The van der Waals surface area contributed by atoms with Gasteiger partial charge in [-0.2, -0.15) is 0 Å². The third-order valence-electron chi connectivity index (χ3n) is 3.57. The molecule has 2 unspecified atom stereocenters. The summed E-state index contributed by atoms with van der Waals surface area (Å²) in [5, 5.41) is 2.89. The van der Waals surface area contributed by atoms with Crippen molar-refractivity contribution in [3.8, 4) is 0 Å². The van der Waals surface area contributed by atoms with E-state index in [1.54, 1.807) is 19.0 Å². The molecule has 0 saturated heterocycles. The van der Waals surface area contributed by atoms with Crippen molar-refractivity contribution in [2.24, 2.45) is 11.8 Å². The van der Waals surface area contributed by atoms with Crippen LogP contribution in [-0.2, 0) is 9.59 Å². The molecule has 0 aromatic heterocycles. The van der Waals surface area contributed by atoms with Gasteiger partial charge in [-0.25, -0.2) is 0 Å². The number of nitrogens with zero attached hydrogens (tertiary/aromatic N) is 1. The molecule has 0 spiro atoms. The average molecular weight is 272 g/mol. The van der Waals surface area contributed by atoms with Gasteiger partial charge in [-0.15, -0.1) is 0 Å². The van der Waals surface area contributed by atoms with Crippen LogP contribution in [0.5, 0.6) is 0 Å². The SMILES string of the molecule is CN(C)C(=O)C1CC=CCC1C(=O)Nc1ccccc1. The molecule has 1 aliphatic rings. The van der Waals surface area contributed by atoms with Crippen molar-refractivity contribution in [2.45, 2.75) is 12.8 Å². The Kier molecular flexibility index (Phi) is 4.56. The van der Waals surface area contributed by atoms with Crippen molar-refractivity contribution in [3.63, 3.8) is 0 Å². The molecule has 0 aliphatic heterocycles. The second-order valence-corrected chi connectivity index (χ2v) is 5.24. The maximum Gasteiger partial charge on any atom is 0.228 e. The van der Waals surface area contributed by atoms with E-state index >= 15 is 0 Å². The minimum absolute atomic E-state index is 0.0163. The van der Waals surface area contributed by atoms with Crippen LogP contribution in [0.3, 0.4) is 0 Å². The van der Waals surface area contributed by atoms with Crippen molar-refractivity contribution in [3.05, 3.63) is 42.5 Å². The Morgan fingerprint density at radius 2 is 1.65 bits per heavy atom. The lowest BCUT2D eigenvalue weighted by Gasteiger charge is -2.28. The Morgan fingerprint density at radius 1 is 1.05 bits per heavy atom. The van der Waals surface area contributed by atoms with Crippen molar-refractivity contribution < 1.29 is 9.59 Å². The molecule has 1 aromatic rings. The summed E-state index contributed by atoms with van der Waals surface area (Å²) in [6.07, 6.45) is 5.21. The monoisotopic (exact) mass is 272 g/mol. The fourth-order valence-electron chi connectivity index (χ4n) is 2.46. The van der Waals surface area contributed by atoms with Gasteiger partial charge in [-0.1, -0.05) is 30.4 Å². The van der Waals surface area contributed by atoms with E-state index in [0.29, 0.717) is 12.8 Å². The predicted octanol–water partition coefficient (Wildman–Crippen LogP) is 2.30. The van der Waals surface area contributed by atoms with E-state index < -0.39 is 0 Å². The molecule has 20 heavy (non-hydrogen) atoms. The Labute approximate surface area is 119 Å². The molecule has 0 radical (unpaired) electrons. The van der Waals surface area contributed by atoms with Gasteiger partial charge >= 0.3 is 0 Å². The van der Waals surface area contributed by atoms with Gasteiger partial charge in [0.1, 0.15) is 0 Å². The van der Waals surface area contributed by atoms with Crippen LogP contribution >= 0.6 is 0 Å². The number of anilines is 1. The van der Waals surface area contributed by atoms with Crippen LogP contribution in [0.2, 0.25) is 0 Å². The van der Waals surface area contributed by atoms with E-state index in [1.807, 2.05) is 42.5 Å². The third kappa shape index (κ3) is 3.26. The van der Waals surface area contributed by atoms with Crippen LogP contribution in [-0.4, -0.2) is 30.8 Å². The Balaban J connectivity index is 2.10. The Hall–Kier alpha value is -2.10. The Bertz CT molecular complexity index is 508. The van der Waals surface area contributed by atoms with Crippen molar-refractivity contribution in [1.82, 2.24) is 4.90 Å². The lowest BCUT2D eigenvalue weighted by atomic mass is 9.81. The largest absolute Gasteiger partial charge is 0.349 e. The number of nitrogens with one attached hydrogen (secondary N) is 1. The molecule has 2 atom stereocenters. The maximum absolute atomic E-state index is 12.4. The number of benzene rings is 1. The Morgan fingerprint density at radius 3 is 2.25 bits per heavy atom. The number of hydrogen-bond acceptors (Lipinski definition) is 2. The first-order chi connectivity index (χ1) is 9.59. The molecule has 0 fully saturated rings. The van der Waals surface area contributed by atoms with Gasteiger partial charge in [0.05, 0.1) is 11.8 Å². The summed E-state index contributed by atoms with van der Waals surface area (Å²) in [5.41, 5.74) is 0.767. The second-order valence-electron chi connectivity index (χ2n) is 5.24. The van der Waals surface area contributed by atoms with Crippen LogP contribution in [0.1, 0.15) is 12.8 Å². The molecule has 0 bridgehead atoms. The first kappa shape index (κ1) is 14.3. The summed E-state index contributed by atoms with van der Waals surface area (Å²) in [7, 11) is 3.46. The first-order valence-corrected chi connectivity index (χ1v) is 6.81. The van der Waals surface area contributed by atoms with Crippen LogP contribution in [0, 0.1) is 11.8 Å². The van der Waals surface area contributed by atoms with E-state index in [-0.39, 0.29) is 23.7 Å². The zero-order chi connectivity index (χ0) is 14.5. The lowest BCUT2D eigenvalue weighted by molar-refractivity contribution is -0.138. The molecule has 0 saturated carbocycles. The molecule has 2 rings (SSSR count). The molecule has 4 nitrogen and oxygen atoms in total. The van der Waals surface area contributed by atoms with Crippen LogP contribution < -0.4 is 5.32 Å². The first-order valence-electron chi connectivity index (χ1n) is 6.81. The molecule has 1 aromatic carbocycles. The summed E-state index contributed by atoms with van der Waals surface area (Å²) in [4.78, 5) is 26.1. The molecule has 0 heterocycles. The van der Waals surface area contributed by atoms with Gasteiger partial charge in [-0.3, -0.25) is 9.59 Å². The van der Waals surface area contributed by atoms with E-state index in [9.17, 15) is 9.59 Å². The average Bonchev–Trinajstić information content (AvgIpc) is 2.47. The van der Waals surface area contributed by atoms with Crippen molar-refractivity contribution >= 4 is 17.5 Å². The smallest absolute Gasteiger partial charge is 0.228 e. The number of allylic oxidation sites excluding steroid dienone is 2. The number of hydrogen-bond donors (Lipinski definition) is 1. The van der Waals surface area contributed by atoms with E-state index in [2.05, 4.69) is 5.32 Å². The van der Waals surface area contributed by atoms with Crippen molar-refractivity contribution in [1.29, 1.82) is 0 Å². The minimum Gasteiger partial charge on any atom is -0.349 e. The zero-order valence-electron chi connectivity index (χ0n) is 11.9. The summed E-state index contributed by atoms with van der Waals surface area (Å²) in [6, 6.07) is 9.34. The number of rotatable bonds is 3. The van der Waals surface area contributed by atoms with E-state index in [4.69, 9.17) is 0 Å². The number of carbonyl (C=O) groups excluding carboxylic acids is 2. The highest BCUT2D eigenvalue weighted by Crippen LogP contribution is 2.28. The summed E-state index contributed by atoms with van der Waals surface area (Å²) in [5.74, 6) is -0.628. The standard InChI is InChI=1S/C16H20N2O2/c1-18(2)16(20)14-11-7-6-10-13(14)15(19)17-12-8-4-3-5-9-12/h3-9,13-14H,10-11H2,1-2H3,(H,17,19). The topological polar surface area (TPSA) is 49.4 Å². The second kappa shape index (κ2) is 6.37. The fraction of sp³-hybridized carbons (Fsp3) is 0.375. The van der Waals surface area contributed by atoms with Gasteiger partial charge < -0.3 is 10.2 Å². The molecule has 1 aliphatic carbocycles. The maximum atomic E-state index is 12.4. The molecule has 106 valence electrons. The third-order valence-corrected chi connectivity index (χ3v) is 3.57. The summed E-state index contributed by atoms with van der Waals surface area (Å²) >= 11 is 0. The van der Waals surface area contributed by atoms with Gasteiger partial charge in [0.15, 0.2) is 0 Å². The van der Waals surface area contributed by atoms with Crippen LogP contribution in [0.25, 0.3) is 0 Å². The van der Waals surface area contributed by atoms with E-state index in [0.717, 1.165) is 5.69 Å².